The van der Waals surface area contributed by atoms with E-state index in [1.807, 2.05) is 54.7 Å². The van der Waals surface area contributed by atoms with Gasteiger partial charge in [-0.1, -0.05) is 47.2 Å². The third-order valence-electron chi connectivity index (χ3n) is 4.20. The van der Waals surface area contributed by atoms with Crippen LogP contribution in [-0.4, -0.2) is 26.0 Å². The number of rotatable bonds is 7. The predicted molar refractivity (Wildman–Crippen MR) is 124 cm³/mol. The Balaban J connectivity index is 1.70. The van der Waals surface area contributed by atoms with Gasteiger partial charge in [-0.15, -0.1) is 0 Å². The highest BCUT2D eigenvalue weighted by Gasteiger charge is 2.13. The Hall–Kier alpha value is -3.03. The minimum Gasteiger partial charge on any atom is -0.359 e. The number of halogens is 1. The first kappa shape index (κ1) is 20.3. The molecule has 0 bridgehead atoms. The molecule has 2 N–H and O–H groups in total. The molecule has 4 aromatic rings. The highest BCUT2D eigenvalue weighted by atomic mass is 35.5. The number of hydrogen-bond acceptors (Lipinski definition) is 7. The van der Waals surface area contributed by atoms with Crippen molar-refractivity contribution in [2.75, 3.05) is 10.6 Å². The van der Waals surface area contributed by atoms with E-state index in [0.29, 0.717) is 23.6 Å². The zero-order chi connectivity index (χ0) is 20.9. The molecule has 6 nitrogen and oxygen atoms in total. The van der Waals surface area contributed by atoms with Crippen LogP contribution in [0.3, 0.4) is 0 Å². The Morgan fingerprint density at radius 1 is 1.00 bits per heavy atom. The van der Waals surface area contributed by atoms with Gasteiger partial charge in [0.2, 0.25) is 5.95 Å². The third kappa shape index (κ3) is 4.93. The summed E-state index contributed by atoms with van der Waals surface area (Å²) in [6.45, 7) is 4.69. The van der Waals surface area contributed by atoms with Crippen molar-refractivity contribution in [3.8, 4) is 21.8 Å². The molecule has 30 heavy (non-hydrogen) atoms. The number of nitrogens with one attached hydrogen (secondary N) is 2. The van der Waals surface area contributed by atoms with E-state index in [2.05, 4.69) is 34.4 Å². The van der Waals surface area contributed by atoms with Crippen LogP contribution in [0, 0.1) is 0 Å². The van der Waals surface area contributed by atoms with Crippen molar-refractivity contribution in [1.82, 2.24) is 19.9 Å². The van der Waals surface area contributed by atoms with Crippen LogP contribution in [0.1, 0.15) is 19.5 Å². The topological polar surface area (TPSA) is 75.6 Å². The molecule has 1 aromatic carbocycles. The first-order chi connectivity index (χ1) is 14.6. The summed E-state index contributed by atoms with van der Waals surface area (Å²) in [6.07, 6.45) is 3.60. The van der Waals surface area contributed by atoms with Crippen LogP contribution in [0.2, 0.25) is 5.02 Å². The lowest BCUT2D eigenvalue weighted by Crippen LogP contribution is -2.08. The van der Waals surface area contributed by atoms with E-state index in [-0.39, 0.29) is 0 Å². The van der Waals surface area contributed by atoms with Gasteiger partial charge in [-0.3, -0.25) is 4.98 Å². The molecule has 0 spiro atoms. The van der Waals surface area contributed by atoms with Crippen molar-refractivity contribution in [1.29, 1.82) is 0 Å². The van der Waals surface area contributed by atoms with Gasteiger partial charge in [-0.05, 0) is 38.1 Å². The Kier molecular flexibility index (Phi) is 6.21. The second-order valence-corrected chi connectivity index (χ2v) is 8.38. The SMILES string of the molecule is CC(C)Nc1ncc(-c2cc(-c3ccccc3Cl)nc(NCc3ccccn3)n2)s1. The van der Waals surface area contributed by atoms with E-state index in [1.54, 1.807) is 17.5 Å². The van der Waals surface area contributed by atoms with Gasteiger partial charge in [0.25, 0.3) is 0 Å². The summed E-state index contributed by atoms with van der Waals surface area (Å²) in [5.74, 6) is 0.514. The maximum absolute atomic E-state index is 6.43. The molecule has 0 aliphatic carbocycles. The fraction of sp³-hybridized carbons (Fsp3) is 0.182. The molecule has 0 saturated carbocycles. The van der Waals surface area contributed by atoms with E-state index in [1.165, 1.54) is 0 Å². The number of hydrogen-bond donors (Lipinski definition) is 2. The molecule has 8 heteroatoms. The minimum atomic E-state index is 0.309. The predicted octanol–water partition coefficient (Wildman–Crippen LogP) is 5.75. The second-order valence-electron chi connectivity index (χ2n) is 6.95. The average Bonchev–Trinajstić information content (AvgIpc) is 3.21. The summed E-state index contributed by atoms with van der Waals surface area (Å²) in [4.78, 5) is 19.2. The van der Waals surface area contributed by atoms with Gasteiger partial charge in [0.1, 0.15) is 0 Å². The molecule has 0 amide bonds. The molecule has 0 saturated heterocycles. The molecule has 0 fully saturated rings. The molecule has 152 valence electrons. The summed E-state index contributed by atoms with van der Waals surface area (Å²) in [6, 6.07) is 15.7. The lowest BCUT2D eigenvalue weighted by molar-refractivity contribution is 0.896. The molecular formula is C22H21ClN6S. The molecule has 0 atom stereocenters. The van der Waals surface area contributed by atoms with E-state index in [4.69, 9.17) is 21.6 Å². The minimum absolute atomic E-state index is 0.309. The smallest absolute Gasteiger partial charge is 0.224 e. The van der Waals surface area contributed by atoms with Gasteiger partial charge in [-0.2, -0.15) is 0 Å². The third-order valence-corrected chi connectivity index (χ3v) is 5.48. The van der Waals surface area contributed by atoms with Gasteiger partial charge < -0.3 is 10.6 Å². The average molecular weight is 437 g/mol. The van der Waals surface area contributed by atoms with Crippen molar-refractivity contribution < 1.29 is 0 Å². The Labute approximate surface area is 184 Å². The van der Waals surface area contributed by atoms with E-state index in [9.17, 15) is 0 Å². The van der Waals surface area contributed by atoms with Crippen LogP contribution >= 0.6 is 22.9 Å². The first-order valence-corrected chi connectivity index (χ1v) is 10.8. The highest BCUT2D eigenvalue weighted by molar-refractivity contribution is 7.18. The number of pyridine rings is 1. The van der Waals surface area contributed by atoms with Crippen molar-refractivity contribution in [3.63, 3.8) is 0 Å². The zero-order valence-electron chi connectivity index (χ0n) is 16.6. The number of nitrogens with zero attached hydrogens (tertiary/aromatic N) is 4. The van der Waals surface area contributed by atoms with Gasteiger partial charge in [-0.25, -0.2) is 15.0 Å². The number of thiazole rings is 1. The Bertz CT molecular complexity index is 1130. The van der Waals surface area contributed by atoms with Gasteiger partial charge in [0.15, 0.2) is 5.13 Å². The molecule has 3 aromatic heterocycles. The van der Waals surface area contributed by atoms with Crippen LogP contribution in [0.25, 0.3) is 21.8 Å². The highest BCUT2D eigenvalue weighted by Crippen LogP contribution is 2.33. The van der Waals surface area contributed by atoms with Crippen molar-refractivity contribution in [2.45, 2.75) is 26.4 Å². The molecule has 4 rings (SSSR count). The monoisotopic (exact) mass is 436 g/mol. The van der Waals surface area contributed by atoms with Gasteiger partial charge >= 0.3 is 0 Å². The standard InChI is InChI=1S/C22H21ClN6S/c1-14(2)27-22-26-13-20(30-22)19-11-18(16-8-3-4-9-17(16)23)28-21(29-19)25-12-15-7-5-6-10-24-15/h3-11,13-14H,12H2,1-2H3,(H,26,27)(H,25,28,29). The molecular weight excluding hydrogens is 416 g/mol. The summed E-state index contributed by atoms with van der Waals surface area (Å²) < 4.78 is 0. The Morgan fingerprint density at radius 3 is 2.57 bits per heavy atom. The fourth-order valence-electron chi connectivity index (χ4n) is 2.84. The van der Waals surface area contributed by atoms with Crippen LogP contribution < -0.4 is 10.6 Å². The quantitative estimate of drug-likeness (QED) is 0.384. The first-order valence-electron chi connectivity index (χ1n) is 9.59. The molecule has 0 radical (unpaired) electrons. The number of anilines is 2. The van der Waals surface area contributed by atoms with E-state index in [0.717, 1.165) is 32.7 Å². The van der Waals surface area contributed by atoms with Gasteiger partial charge in [0, 0.05) is 29.0 Å². The Morgan fingerprint density at radius 2 is 1.80 bits per heavy atom. The van der Waals surface area contributed by atoms with E-state index >= 15 is 0 Å². The molecule has 3 heterocycles. The summed E-state index contributed by atoms with van der Waals surface area (Å²) in [7, 11) is 0. The van der Waals surface area contributed by atoms with Gasteiger partial charge in [0.05, 0.1) is 28.5 Å². The molecule has 0 unspecified atom stereocenters. The van der Waals surface area contributed by atoms with Crippen LogP contribution in [0.5, 0.6) is 0 Å². The number of benzene rings is 1. The van der Waals surface area contributed by atoms with Crippen molar-refractivity contribution in [3.05, 3.63) is 71.6 Å². The largest absolute Gasteiger partial charge is 0.359 e. The van der Waals surface area contributed by atoms with Crippen LogP contribution in [-0.2, 0) is 6.54 Å². The second kappa shape index (κ2) is 9.19. The lowest BCUT2D eigenvalue weighted by Gasteiger charge is -2.10. The van der Waals surface area contributed by atoms with Crippen molar-refractivity contribution >= 4 is 34.0 Å². The number of aromatic nitrogens is 4. The maximum atomic E-state index is 6.43. The lowest BCUT2D eigenvalue weighted by atomic mass is 10.1. The summed E-state index contributed by atoms with van der Waals surface area (Å²) in [5.41, 5.74) is 3.30. The fourth-order valence-corrected chi connectivity index (χ4v) is 3.99. The molecule has 0 aliphatic heterocycles. The zero-order valence-corrected chi connectivity index (χ0v) is 18.2. The van der Waals surface area contributed by atoms with Crippen molar-refractivity contribution in [2.24, 2.45) is 0 Å². The normalized spacial score (nSPS) is 10.9. The van der Waals surface area contributed by atoms with E-state index < -0.39 is 0 Å². The van der Waals surface area contributed by atoms with Crippen LogP contribution in [0.4, 0.5) is 11.1 Å². The molecule has 0 aliphatic rings. The summed E-state index contributed by atoms with van der Waals surface area (Å²) >= 11 is 7.99. The maximum Gasteiger partial charge on any atom is 0.224 e. The summed E-state index contributed by atoms with van der Waals surface area (Å²) in [5, 5.41) is 8.12. The van der Waals surface area contributed by atoms with Crippen LogP contribution in [0.15, 0.2) is 60.9 Å².